The first-order valence-electron chi connectivity index (χ1n) is 15.4. The van der Waals surface area contributed by atoms with E-state index in [9.17, 15) is 0 Å². The Bertz CT molecular complexity index is 1840. The third-order valence-electron chi connectivity index (χ3n) is 8.10. The largest absolute Gasteiger partial charge is 0.179 e. The fourth-order valence-electron chi connectivity index (χ4n) is 5.69. The van der Waals surface area contributed by atoms with E-state index in [1.165, 1.54) is 60.3 Å². The third-order valence-corrected chi connectivity index (χ3v) is 9.64. The molecule has 7 aromatic carbocycles. The summed E-state index contributed by atoms with van der Waals surface area (Å²) in [6.07, 6.45) is 3.31. The first-order chi connectivity index (χ1) is 21.7. The monoisotopic (exact) mass is 764 g/mol. The van der Waals surface area contributed by atoms with Crippen molar-refractivity contribution in [3.63, 3.8) is 0 Å². The van der Waals surface area contributed by atoms with E-state index >= 15 is 0 Å². The maximum Gasteiger partial charge on any atom is 0 e. The van der Waals surface area contributed by atoms with Crippen molar-refractivity contribution in [2.24, 2.45) is 0 Å². The number of aryl methyl sites for hydroxylation is 3. The van der Waals surface area contributed by atoms with Gasteiger partial charge in [-0.25, -0.2) is 0 Å². The molecule has 0 saturated heterocycles. The molecule has 0 N–H and O–H groups in total. The van der Waals surface area contributed by atoms with Gasteiger partial charge in [0, 0.05) is 25.8 Å². The number of rotatable bonds is 5. The molecule has 7 aromatic rings. The van der Waals surface area contributed by atoms with E-state index in [0.29, 0.717) is 0 Å². The molecule has 2 heteroatoms. The van der Waals surface area contributed by atoms with Gasteiger partial charge in [0.25, 0.3) is 0 Å². The number of hydrogen-bond acceptors (Lipinski definition) is 0. The molecule has 0 heterocycles. The molecule has 1 atom stereocenters. The van der Waals surface area contributed by atoms with E-state index in [0.717, 1.165) is 27.8 Å². The minimum absolute atomic E-state index is 0. The Morgan fingerprint density at radius 3 is 1.93 bits per heavy atom. The average Bonchev–Trinajstić information content (AvgIpc) is 3.68. The van der Waals surface area contributed by atoms with Gasteiger partial charge in [-0.3, -0.25) is 0 Å². The second-order valence-electron chi connectivity index (χ2n) is 11.1. The molecule has 0 aromatic heterocycles. The standard InChI is InChI=1S/C16H14P.C14H14.C13H9.Hf/c1-12-6-2-5-9-15(12)17-16-11-10-13-7-3-4-8-14(13)16;1-3-7-13(8-4-1)11-12-14-9-5-2-6-10-14;1-3-7-12-10(5-1)9-11-6-2-4-8-13(11)12;/h2-11,17H,1H3;1-10H,11-12H2;1-5,7-8H,9H2;/q-1;;-1;. The van der Waals surface area contributed by atoms with E-state index in [4.69, 9.17) is 0 Å². The first-order valence-corrected chi connectivity index (χ1v) is 16.4. The predicted octanol–water partition coefficient (Wildman–Crippen LogP) is 10.0. The molecule has 1 aliphatic rings. The first kappa shape index (κ1) is 32.6. The summed E-state index contributed by atoms with van der Waals surface area (Å²) in [5.41, 5.74) is 9.72. The Morgan fingerprint density at radius 2 is 1.20 bits per heavy atom. The van der Waals surface area contributed by atoms with E-state index in [2.05, 4.69) is 171 Å². The topological polar surface area (TPSA) is 0 Å². The summed E-state index contributed by atoms with van der Waals surface area (Å²) >= 11 is 0. The molecule has 0 aliphatic heterocycles. The van der Waals surface area contributed by atoms with Crippen LogP contribution in [0.25, 0.3) is 21.9 Å². The summed E-state index contributed by atoms with van der Waals surface area (Å²) in [6, 6.07) is 61.1. The fourth-order valence-corrected chi connectivity index (χ4v) is 6.97. The van der Waals surface area contributed by atoms with E-state index in [-0.39, 0.29) is 25.8 Å². The number of hydrogen-bond donors (Lipinski definition) is 0. The molecule has 0 amide bonds. The predicted molar refractivity (Wildman–Crippen MR) is 192 cm³/mol. The minimum Gasteiger partial charge on any atom is -0.179 e. The SMILES string of the molecule is Cc1ccccc1P[c-]1ccc2ccccc21.[Hf].[c-]1cccc2c1Cc1ccccc1-2.c1ccc(CCc2ccccc2)cc1. The minimum atomic E-state index is 0. The van der Waals surface area contributed by atoms with Gasteiger partial charge in [-0.15, -0.1) is 54.5 Å². The number of benzene rings is 6. The molecule has 0 spiro atoms. The summed E-state index contributed by atoms with van der Waals surface area (Å²) < 4.78 is 0. The van der Waals surface area contributed by atoms with Crippen LogP contribution in [0.1, 0.15) is 27.8 Å². The average molecular weight is 763 g/mol. The molecule has 8 rings (SSSR count). The molecule has 220 valence electrons. The molecule has 1 unspecified atom stereocenters. The molecule has 0 nitrogen and oxygen atoms in total. The van der Waals surface area contributed by atoms with E-state index < -0.39 is 0 Å². The Labute approximate surface area is 289 Å². The molecule has 1 aliphatic carbocycles. The van der Waals surface area contributed by atoms with Crippen molar-refractivity contribution >= 4 is 30.0 Å². The van der Waals surface area contributed by atoms with Crippen LogP contribution in [0, 0.1) is 13.0 Å². The van der Waals surface area contributed by atoms with Crippen LogP contribution in [0.3, 0.4) is 0 Å². The molecule has 0 bridgehead atoms. The summed E-state index contributed by atoms with van der Waals surface area (Å²) in [5, 5.41) is 5.65. The number of fused-ring (bicyclic) bond motifs is 4. The summed E-state index contributed by atoms with van der Waals surface area (Å²) in [7, 11) is 0.754. The van der Waals surface area contributed by atoms with E-state index in [1.807, 2.05) is 6.07 Å². The van der Waals surface area contributed by atoms with Crippen molar-refractivity contribution in [3.05, 3.63) is 198 Å². The normalized spacial score (nSPS) is 11.0. The van der Waals surface area contributed by atoms with Crippen molar-refractivity contribution in [1.82, 2.24) is 0 Å². The third kappa shape index (κ3) is 8.70. The van der Waals surface area contributed by atoms with Crippen LogP contribution in [-0.2, 0) is 45.1 Å². The van der Waals surface area contributed by atoms with Crippen molar-refractivity contribution in [1.29, 1.82) is 0 Å². The molecular weight excluding hydrogens is 726 g/mol. The summed E-state index contributed by atoms with van der Waals surface area (Å²) in [6.45, 7) is 2.19. The van der Waals surface area contributed by atoms with Gasteiger partial charge in [-0.2, -0.15) is 35.9 Å². The van der Waals surface area contributed by atoms with Crippen LogP contribution in [0.2, 0.25) is 0 Å². The zero-order valence-electron chi connectivity index (χ0n) is 25.7. The van der Waals surface area contributed by atoms with Gasteiger partial charge in [0.15, 0.2) is 0 Å². The molecule has 45 heavy (non-hydrogen) atoms. The maximum atomic E-state index is 3.30. The van der Waals surface area contributed by atoms with Gasteiger partial charge in [-0.1, -0.05) is 126 Å². The molecular formula is C43H37HfP-2. The zero-order valence-corrected chi connectivity index (χ0v) is 30.3. The van der Waals surface area contributed by atoms with Crippen molar-refractivity contribution in [3.8, 4) is 11.1 Å². The second kappa shape index (κ2) is 16.5. The van der Waals surface area contributed by atoms with Crippen molar-refractivity contribution in [2.75, 3.05) is 0 Å². The fraction of sp³-hybridized carbons (Fsp3) is 0.0930. The van der Waals surface area contributed by atoms with Gasteiger partial charge < -0.3 is 0 Å². The Balaban J connectivity index is 0.000000133. The van der Waals surface area contributed by atoms with Crippen LogP contribution in [0.5, 0.6) is 0 Å². The van der Waals surface area contributed by atoms with Gasteiger partial charge in [0.1, 0.15) is 0 Å². The smallest absolute Gasteiger partial charge is 0 e. The quantitative estimate of drug-likeness (QED) is 0.0931. The Morgan fingerprint density at radius 1 is 0.600 bits per heavy atom. The van der Waals surface area contributed by atoms with Crippen LogP contribution < -0.4 is 10.6 Å². The molecule has 0 fully saturated rings. The molecule has 0 saturated carbocycles. The van der Waals surface area contributed by atoms with Gasteiger partial charge >= 0.3 is 0 Å². The maximum absolute atomic E-state index is 3.30. The zero-order chi connectivity index (χ0) is 30.0. The van der Waals surface area contributed by atoms with Gasteiger partial charge in [0.2, 0.25) is 0 Å². The van der Waals surface area contributed by atoms with Crippen LogP contribution in [-0.4, -0.2) is 0 Å². The van der Waals surface area contributed by atoms with Gasteiger partial charge in [-0.05, 0) is 48.2 Å². The Kier molecular flexibility index (Phi) is 12.0. The van der Waals surface area contributed by atoms with Crippen LogP contribution in [0.4, 0.5) is 0 Å². The van der Waals surface area contributed by atoms with Crippen molar-refractivity contribution in [2.45, 2.75) is 26.2 Å². The van der Waals surface area contributed by atoms with Crippen molar-refractivity contribution < 1.29 is 25.8 Å². The van der Waals surface area contributed by atoms with Gasteiger partial charge in [0.05, 0.1) is 0 Å². The molecule has 0 radical (unpaired) electrons. The summed E-state index contributed by atoms with van der Waals surface area (Å²) in [4.78, 5) is 0. The van der Waals surface area contributed by atoms with E-state index in [1.54, 1.807) is 0 Å². The Hall–Kier alpha value is -3.77. The van der Waals surface area contributed by atoms with Crippen LogP contribution >= 0.6 is 8.58 Å². The summed E-state index contributed by atoms with van der Waals surface area (Å²) in [5.74, 6) is 0. The van der Waals surface area contributed by atoms with Crippen LogP contribution in [0.15, 0.2) is 164 Å². The second-order valence-corrected chi connectivity index (χ2v) is 12.5.